The Hall–Kier alpha value is -1.57. The highest BCUT2D eigenvalue weighted by molar-refractivity contribution is 9.10. The van der Waals surface area contributed by atoms with E-state index in [4.69, 9.17) is 16.6 Å². The Morgan fingerprint density at radius 1 is 1.44 bits per heavy atom. The van der Waals surface area contributed by atoms with Crippen molar-refractivity contribution in [2.45, 2.75) is 12.6 Å². The number of hydrogen-bond donors (Lipinski definition) is 5. The predicted molar refractivity (Wildman–Crippen MR) is 70.1 cm³/mol. The first-order chi connectivity index (χ1) is 8.40. The summed E-state index contributed by atoms with van der Waals surface area (Å²) in [7, 11) is 0. The number of aromatic amines is 1. The van der Waals surface area contributed by atoms with E-state index < -0.39 is 12.1 Å². The molecule has 7 heteroatoms. The number of phenolic OH excluding ortho intramolecular Hbond substituents is 1. The fraction of sp³-hybridized carbons (Fsp3) is 0.182. The van der Waals surface area contributed by atoms with Gasteiger partial charge < -0.3 is 26.7 Å². The molecule has 0 unspecified atom stereocenters. The van der Waals surface area contributed by atoms with Crippen LogP contribution >= 0.6 is 15.9 Å². The van der Waals surface area contributed by atoms with Gasteiger partial charge in [-0.3, -0.25) is 4.79 Å². The standard InChI is InChI=1S/C11H12BrN3O3/c12-6-3-7-4(1-8(6)16)5(2-9(17)18)10(15-7)11(13)14/h1,3,11,15-16H,2,13-14H2,(H,17,18). The Labute approximate surface area is 111 Å². The number of carboxylic acids is 1. The fourth-order valence-corrected chi connectivity index (χ4v) is 2.25. The lowest BCUT2D eigenvalue weighted by atomic mass is 10.1. The second-order valence-electron chi connectivity index (χ2n) is 3.96. The third-order valence-electron chi connectivity index (χ3n) is 2.67. The number of H-pyrrole nitrogens is 1. The number of aromatic nitrogens is 1. The zero-order chi connectivity index (χ0) is 13.4. The molecule has 18 heavy (non-hydrogen) atoms. The van der Waals surface area contributed by atoms with E-state index >= 15 is 0 Å². The summed E-state index contributed by atoms with van der Waals surface area (Å²) in [6.45, 7) is 0. The molecule has 0 spiro atoms. The van der Waals surface area contributed by atoms with Gasteiger partial charge in [-0.05, 0) is 33.6 Å². The van der Waals surface area contributed by atoms with Crippen LogP contribution in [0.4, 0.5) is 0 Å². The third-order valence-corrected chi connectivity index (χ3v) is 3.30. The predicted octanol–water partition coefficient (Wildman–Crippen LogP) is 1.18. The Bertz CT molecular complexity index is 622. The normalized spacial score (nSPS) is 11.3. The molecule has 0 amide bonds. The zero-order valence-electron chi connectivity index (χ0n) is 9.27. The van der Waals surface area contributed by atoms with Gasteiger partial charge >= 0.3 is 5.97 Å². The summed E-state index contributed by atoms with van der Waals surface area (Å²) in [5.74, 6) is -0.953. The van der Waals surface area contributed by atoms with E-state index in [0.717, 1.165) is 0 Å². The molecule has 0 saturated heterocycles. The molecule has 1 aromatic heterocycles. The Balaban J connectivity index is 2.72. The van der Waals surface area contributed by atoms with Gasteiger partial charge in [0, 0.05) is 10.9 Å². The molecule has 96 valence electrons. The minimum Gasteiger partial charge on any atom is -0.507 e. The largest absolute Gasteiger partial charge is 0.507 e. The van der Waals surface area contributed by atoms with E-state index in [1.807, 2.05) is 0 Å². The van der Waals surface area contributed by atoms with Crippen molar-refractivity contribution in [2.24, 2.45) is 11.5 Å². The number of benzene rings is 1. The molecule has 0 fully saturated rings. The minimum absolute atomic E-state index is 0.0327. The Kier molecular flexibility index (Phi) is 3.29. The summed E-state index contributed by atoms with van der Waals surface area (Å²) < 4.78 is 0.510. The molecule has 0 aliphatic carbocycles. The van der Waals surface area contributed by atoms with Crippen LogP contribution in [0.15, 0.2) is 16.6 Å². The lowest BCUT2D eigenvalue weighted by Crippen LogP contribution is -2.22. The van der Waals surface area contributed by atoms with Crippen molar-refractivity contribution >= 4 is 32.8 Å². The highest BCUT2D eigenvalue weighted by Gasteiger charge is 2.18. The number of aromatic hydroxyl groups is 1. The number of phenols is 1. The number of nitrogens with two attached hydrogens (primary N) is 2. The molecule has 6 nitrogen and oxygen atoms in total. The van der Waals surface area contributed by atoms with Crippen molar-refractivity contribution in [3.8, 4) is 5.75 Å². The van der Waals surface area contributed by atoms with Gasteiger partial charge in [-0.1, -0.05) is 0 Å². The SMILES string of the molecule is NC(N)c1[nH]c2cc(Br)c(O)cc2c1CC(=O)O. The van der Waals surface area contributed by atoms with Gasteiger partial charge in [0.15, 0.2) is 0 Å². The van der Waals surface area contributed by atoms with Gasteiger partial charge in [-0.2, -0.15) is 0 Å². The molecule has 0 aliphatic heterocycles. The van der Waals surface area contributed by atoms with E-state index in [9.17, 15) is 9.90 Å². The Morgan fingerprint density at radius 3 is 2.67 bits per heavy atom. The molecule has 1 heterocycles. The van der Waals surface area contributed by atoms with Crippen LogP contribution in [-0.2, 0) is 11.2 Å². The summed E-state index contributed by atoms with van der Waals surface area (Å²) in [6, 6.07) is 3.14. The summed E-state index contributed by atoms with van der Waals surface area (Å²) >= 11 is 3.19. The van der Waals surface area contributed by atoms with Gasteiger partial charge in [0.05, 0.1) is 22.8 Å². The molecular weight excluding hydrogens is 302 g/mol. The first-order valence-corrected chi connectivity index (χ1v) is 5.95. The second-order valence-corrected chi connectivity index (χ2v) is 4.82. The smallest absolute Gasteiger partial charge is 0.307 e. The minimum atomic E-state index is -0.986. The van der Waals surface area contributed by atoms with Crippen molar-refractivity contribution < 1.29 is 15.0 Å². The van der Waals surface area contributed by atoms with E-state index in [-0.39, 0.29) is 12.2 Å². The average Bonchev–Trinajstić information content (AvgIpc) is 2.57. The molecule has 0 atom stereocenters. The van der Waals surface area contributed by atoms with Crippen LogP contribution in [0.1, 0.15) is 17.4 Å². The summed E-state index contributed by atoms with van der Waals surface area (Å²) in [4.78, 5) is 13.9. The number of hydrogen-bond acceptors (Lipinski definition) is 4. The molecule has 1 aromatic carbocycles. The first kappa shape index (κ1) is 12.9. The van der Waals surface area contributed by atoms with E-state index in [2.05, 4.69) is 20.9 Å². The van der Waals surface area contributed by atoms with Gasteiger partial charge in [0.1, 0.15) is 5.75 Å². The fourth-order valence-electron chi connectivity index (χ4n) is 1.91. The van der Waals surface area contributed by atoms with Crippen molar-refractivity contribution in [3.05, 3.63) is 27.9 Å². The number of halogens is 1. The highest BCUT2D eigenvalue weighted by Crippen LogP contribution is 2.33. The molecule has 0 radical (unpaired) electrons. The average molecular weight is 314 g/mol. The first-order valence-electron chi connectivity index (χ1n) is 5.16. The van der Waals surface area contributed by atoms with Crippen molar-refractivity contribution in [3.63, 3.8) is 0 Å². The number of carbonyl (C=O) groups is 1. The van der Waals surface area contributed by atoms with Crippen LogP contribution in [-0.4, -0.2) is 21.2 Å². The number of aliphatic carboxylic acids is 1. The maximum Gasteiger partial charge on any atom is 0.307 e. The summed E-state index contributed by atoms with van der Waals surface area (Å²) in [5, 5.41) is 19.2. The monoisotopic (exact) mass is 313 g/mol. The van der Waals surface area contributed by atoms with Crippen molar-refractivity contribution in [1.29, 1.82) is 0 Å². The number of fused-ring (bicyclic) bond motifs is 1. The molecule has 2 aromatic rings. The van der Waals surface area contributed by atoms with Gasteiger partial charge in [0.25, 0.3) is 0 Å². The Morgan fingerprint density at radius 2 is 2.11 bits per heavy atom. The molecule has 0 saturated carbocycles. The lowest BCUT2D eigenvalue weighted by molar-refractivity contribution is -0.136. The molecular formula is C11H12BrN3O3. The van der Waals surface area contributed by atoms with Gasteiger partial charge in [0.2, 0.25) is 0 Å². The van der Waals surface area contributed by atoms with Gasteiger partial charge in [-0.25, -0.2) is 0 Å². The number of rotatable bonds is 3. The molecule has 2 rings (SSSR count). The third kappa shape index (κ3) is 2.20. The second kappa shape index (κ2) is 4.60. The molecule has 7 N–H and O–H groups in total. The van der Waals surface area contributed by atoms with Crippen molar-refractivity contribution in [2.75, 3.05) is 0 Å². The summed E-state index contributed by atoms with van der Waals surface area (Å²) in [6.07, 6.45) is -1.01. The topological polar surface area (TPSA) is 125 Å². The molecule has 0 aliphatic rings. The van der Waals surface area contributed by atoms with Gasteiger partial charge in [-0.15, -0.1) is 0 Å². The van der Waals surface area contributed by atoms with Crippen LogP contribution in [0.25, 0.3) is 10.9 Å². The maximum atomic E-state index is 10.9. The quantitative estimate of drug-likeness (QED) is 0.544. The van der Waals surface area contributed by atoms with Crippen LogP contribution < -0.4 is 11.5 Å². The van der Waals surface area contributed by atoms with E-state index in [1.165, 1.54) is 6.07 Å². The lowest BCUT2D eigenvalue weighted by Gasteiger charge is -2.05. The van der Waals surface area contributed by atoms with E-state index in [1.54, 1.807) is 6.07 Å². The van der Waals surface area contributed by atoms with Crippen LogP contribution in [0, 0.1) is 0 Å². The zero-order valence-corrected chi connectivity index (χ0v) is 10.9. The summed E-state index contributed by atoms with van der Waals surface area (Å²) in [5.41, 5.74) is 12.9. The van der Waals surface area contributed by atoms with Crippen LogP contribution in [0.2, 0.25) is 0 Å². The van der Waals surface area contributed by atoms with E-state index in [0.29, 0.717) is 26.6 Å². The molecule has 0 bridgehead atoms. The number of carboxylic acid groups (broad SMARTS) is 1. The highest BCUT2D eigenvalue weighted by atomic mass is 79.9. The van der Waals surface area contributed by atoms with Crippen molar-refractivity contribution in [1.82, 2.24) is 4.98 Å². The van der Waals surface area contributed by atoms with Crippen LogP contribution in [0.3, 0.4) is 0 Å². The van der Waals surface area contributed by atoms with Crippen LogP contribution in [0.5, 0.6) is 5.75 Å². The maximum absolute atomic E-state index is 10.9. The number of nitrogens with one attached hydrogen (secondary N) is 1.